The molecule has 26 heavy (non-hydrogen) atoms. The summed E-state index contributed by atoms with van der Waals surface area (Å²) >= 11 is 0. The molecule has 2 heterocycles. The van der Waals surface area contributed by atoms with Crippen LogP contribution in [0.2, 0.25) is 0 Å². The topological polar surface area (TPSA) is 76.2 Å². The molecule has 2 aliphatic rings. The van der Waals surface area contributed by atoms with Crippen LogP contribution in [0.25, 0.3) is 0 Å². The summed E-state index contributed by atoms with van der Waals surface area (Å²) in [7, 11) is -2.50. The zero-order valence-electron chi connectivity index (χ0n) is 14.6. The predicted octanol–water partition coefficient (Wildman–Crippen LogP) is 1.06. The zero-order valence-corrected chi connectivity index (χ0v) is 15.5. The van der Waals surface area contributed by atoms with Crippen LogP contribution < -0.4 is 0 Å². The molecule has 0 aliphatic carbocycles. The molecule has 2 aliphatic heterocycles. The molecule has 3 rings (SSSR count). The van der Waals surface area contributed by atoms with E-state index in [2.05, 4.69) is 0 Å². The lowest BCUT2D eigenvalue weighted by molar-refractivity contribution is -0.139. The first kappa shape index (κ1) is 19.2. The van der Waals surface area contributed by atoms with Crippen molar-refractivity contribution in [2.24, 2.45) is 5.92 Å². The van der Waals surface area contributed by atoms with Crippen LogP contribution in [0.4, 0.5) is 4.39 Å². The summed E-state index contributed by atoms with van der Waals surface area (Å²) in [6, 6.07) is 4.55. The SMILES string of the molecule is CN(CC(=O)N1CCCC(C2OCCO2)C1)S(=O)(=O)c1ccc(F)cc1. The van der Waals surface area contributed by atoms with Gasteiger partial charge in [-0.25, -0.2) is 12.8 Å². The number of ether oxygens (including phenoxy) is 2. The highest BCUT2D eigenvalue weighted by molar-refractivity contribution is 7.89. The van der Waals surface area contributed by atoms with Gasteiger partial charge in [0.25, 0.3) is 0 Å². The van der Waals surface area contributed by atoms with Gasteiger partial charge in [0.15, 0.2) is 6.29 Å². The molecule has 1 aromatic carbocycles. The van der Waals surface area contributed by atoms with E-state index in [-0.39, 0.29) is 29.6 Å². The number of piperidine rings is 1. The summed E-state index contributed by atoms with van der Waals surface area (Å²) in [6.07, 6.45) is 1.46. The highest BCUT2D eigenvalue weighted by Gasteiger charge is 2.34. The Balaban J connectivity index is 1.62. The minimum absolute atomic E-state index is 0.0431. The molecule has 0 N–H and O–H groups in total. The van der Waals surface area contributed by atoms with Crippen LogP contribution in [-0.2, 0) is 24.3 Å². The fourth-order valence-corrected chi connectivity index (χ4v) is 4.39. The van der Waals surface area contributed by atoms with E-state index < -0.39 is 15.8 Å². The van der Waals surface area contributed by atoms with E-state index in [0.717, 1.165) is 29.3 Å². The highest BCUT2D eigenvalue weighted by atomic mass is 32.2. The summed E-state index contributed by atoms with van der Waals surface area (Å²) in [5.41, 5.74) is 0. The molecule has 144 valence electrons. The van der Waals surface area contributed by atoms with Gasteiger partial charge in [0, 0.05) is 26.1 Å². The number of halogens is 1. The molecule has 2 saturated heterocycles. The molecule has 1 unspecified atom stereocenters. The van der Waals surface area contributed by atoms with Crippen molar-refractivity contribution in [3.05, 3.63) is 30.1 Å². The second kappa shape index (κ2) is 7.99. The number of likely N-dealkylation sites (N-methyl/N-ethyl adjacent to an activating group) is 1. The summed E-state index contributed by atoms with van der Waals surface area (Å²) < 4.78 is 50.1. The van der Waals surface area contributed by atoms with Crippen molar-refractivity contribution in [2.75, 3.05) is 39.9 Å². The third-order valence-electron chi connectivity index (χ3n) is 4.72. The first-order valence-electron chi connectivity index (χ1n) is 8.61. The summed E-state index contributed by atoms with van der Waals surface area (Å²) in [6.45, 7) is 1.95. The summed E-state index contributed by atoms with van der Waals surface area (Å²) in [5.74, 6) is -0.673. The Morgan fingerprint density at radius 3 is 2.58 bits per heavy atom. The van der Waals surface area contributed by atoms with Gasteiger partial charge in [-0.1, -0.05) is 0 Å². The molecule has 1 amide bonds. The summed E-state index contributed by atoms with van der Waals surface area (Å²) in [5, 5.41) is 0. The number of benzene rings is 1. The van der Waals surface area contributed by atoms with Crippen LogP contribution in [0.15, 0.2) is 29.2 Å². The molecule has 2 fully saturated rings. The first-order valence-corrected chi connectivity index (χ1v) is 10.0. The number of rotatable bonds is 5. The number of carbonyl (C=O) groups is 1. The van der Waals surface area contributed by atoms with Gasteiger partial charge in [-0.15, -0.1) is 0 Å². The predicted molar refractivity (Wildman–Crippen MR) is 91.2 cm³/mol. The van der Waals surface area contributed by atoms with Crippen molar-refractivity contribution in [3.63, 3.8) is 0 Å². The molecular formula is C17H23FN2O5S. The third-order valence-corrected chi connectivity index (χ3v) is 6.54. The third kappa shape index (κ3) is 4.22. The molecule has 0 aromatic heterocycles. The summed E-state index contributed by atoms with van der Waals surface area (Å²) in [4.78, 5) is 14.2. The van der Waals surface area contributed by atoms with Gasteiger partial charge in [-0.05, 0) is 37.1 Å². The lowest BCUT2D eigenvalue weighted by atomic mass is 9.97. The van der Waals surface area contributed by atoms with Gasteiger partial charge in [-0.2, -0.15) is 4.31 Å². The van der Waals surface area contributed by atoms with Crippen LogP contribution in [0, 0.1) is 11.7 Å². The quantitative estimate of drug-likeness (QED) is 0.756. The van der Waals surface area contributed by atoms with Crippen LogP contribution in [0.3, 0.4) is 0 Å². The van der Waals surface area contributed by atoms with Crippen molar-refractivity contribution < 1.29 is 27.1 Å². The minimum Gasteiger partial charge on any atom is -0.350 e. The van der Waals surface area contributed by atoms with E-state index in [9.17, 15) is 17.6 Å². The van der Waals surface area contributed by atoms with Gasteiger partial charge in [0.05, 0.1) is 24.7 Å². The molecule has 1 atom stereocenters. The number of hydrogen-bond donors (Lipinski definition) is 0. The van der Waals surface area contributed by atoms with E-state index in [0.29, 0.717) is 26.3 Å². The standard InChI is InChI=1S/C17H23FN2O5S/c1-19(26(22,23)15-6-4-14(18)5-7-15)12-16(21)20-8-2-3-13(11-20)17-24-9-10-25-17/h4-7,13,17H,2-3,8-12H2,1H3. The molecule has 0 saturated carbocycles. The molecule has 1 aromatic rings. The van der Waals surface area contributed by atoms with E-state index in [1.807, 2.05) is 0 Å². The van der Waals surface area contributed by atoms with Gasteiger partial charge < -0.3 is 14.4 Å². The minimum atomic E-state index is -3.85. The fraction of sp³-hybridized carbons (Fsp3) is 0.588. The maximum absolute atomic E-state index is 13.0. The van der Waals surface area contributed by atoms with Gasteiger partial charge in [0.1, 0.15) is 5.82 Å². The average molecular weight is 386 g/mol. The van der Waals surface area contributed by atoms with E-state index in [1.54, 1.807) is 4.90 Å². The van der Waals surface area contributed by atoms with Gasteiger partial charge >= 0.3 is 0 Å². The number of sulfonamides is 1. The van der Waals surface area contributed by atoms with Crippen LogP contribution >= 0.6 is 0 Å². The number of carbonyl (C=O) groups excluding carboxylic acids is 1. The average Bonchev–Trinajstić information content (AvgIpc) is 3.17. The molecule has 0 radical (unpaired) electrons. The Morgan fingerprint density at radius 1 is 1.27 bits per heavy atom. The van der Waals surface area contributed by atoms with Crippen LogP contribution in [0.5, 0.6) is 0 Å². The maximum atomic E-state index is 13.0. The first-order chi connectivity index (χ1) is 12.4. The Bertz CT molecular complexity index is 734. The Kier molecular flexibility index (Phi) is 5.91. The van der Waals surface area contributed by atoms with E-state index in [4.69, 9.17) is 9.47 Å². The van der Waals surface area contributed by atoms with Gasteiger partial charge in [-0.3, -0.25) is 4.79 Å². The monoisotopic (exact) mass is 386 g/mol. The highest BCUT2D eigenvalue weighted by Crippen LogP contribution is 2.25. The van der Waals surface area contributed by atoms with Crippen molar-refractivity contribution in [1.29, 1.82) is 0 Å². The number of hydrogen-bond acceptors (Lipinski definition) is 5. The maximum Gasteiger partial charge on any atom is 0.243 e. The van der Waals surface area contributed by atoms with Crippen molar-refractivity contribution in [2.45, 2.75) is 24.0 Å². The lowest BCUT2D eigenvalue weighted by Gasteiger charge is -2.35. The second-order valence-electron chi connectivity index (χ2n) is 6.57. The van der Waals surface area contributed by atoms with Crippen LogP contribution in [0.1, 0.15) is 12.8 Å². The number of likely N-dealkylation sites (tertiary alicyclic amines) is 1. The molecule has 0 spiro atoms. The second-order valence-corrected chi connectivity index (χ2v) is 8.61. The zero-order chi connectivity index (χ0) is 18.7. The fourth-order valence-electron chi connectivity index (χ4n) is 3.27. The molecular weight excluding hydrogens is 363 g/mol. The lowest BCUT2D eigenvalue weighted by Crippen LogP contribution is -2.47. The van der Waals surface area contributed by atoms with Crippen molar-refractivity contribution in [3.8, 4) is 0 Å². The van der Waals surface area contributed by atoms with E-state index in [1.165, 1.54) is 19.2 Å². The number of nitrogens with zero attached hydrogens (tertiary/aromatic N) is 2. The number of amides is 1. The molecule has 9 heteroatoms. The molecule has 0 bridgehead atoms. The van der Waals surface area contributed by atoms with E-state index >= 15 is 0 Å². The Hall–Kier alpha value is -1.55. The molecule has 7 nitrogen and oxygen atoms in total. The Labute approximate surface area is 152 Å². The van der Waals surface area contributed by atoms with Gasteiger partial charge in [0.2, 0.25) is 15.9 Å². The normalized spacial score (nSPS) is 22.1. The van der Waals surface area contributed by atoms with Crippen LogP contribution in [-0.4, -0.2) is 69.7 Å². The Morgan fingerprint density at radius 2 is 1.92 bits per heavy atom. The smallest absolute Gasteiger partial charge is 0.243 e. The largest absolute Gasteiger partial charge is 0.350 e. The van der Waals surface area contributed by atoms with Crippen molar-refractivity contribution >= 4 is 15.9 Å². The van der Waals surface area contributed by atoms with Crippen molar-refractivity contribution in [1.82, 2.24) is 9.21 Å².